The summed E-state index contributed by atoms with van der Waals surface area (Å²) < 4.78 is 0. The minimum absolute atomic E-state index is 0.338. The minimum atomic E-state index is -0.338. The van der Waals surface area contributed by atoms with Crippen molar-refractivity contribution < 1.29 is 4.79 Å². The zero-order valence-electron chi connectivity index (χ0n) is 13.0. The number of amides is 2. The van der Waals surface area contributed by atoms with Crippen molar-refractivity contribution in [3.8, 4) is 0 Å². The molecule has 0 unspecified atom stereocenters. The van der Waals surface area contributed by atoms with E-state index in [0.717, 1.165) is 5.69 Å². The molecule has 2 amide bonds. The number of halogens is 2. The third-order valence-electron chi connectivity index (χ3n) is 3.19. The maximum Gasteiger partial charge on any atom is 0.323 e. The fourth-order valence-corrected chi connectivity index (χ4v) is 2.66. The highest BCUT2D eigenvalue weighted by Crippen LogP contribution is 2.25. The van der Waals surface area contributed by atoms with Gasteiger partial charge in [0.1, 0.15) is 5.82 Å². The Morgan fingerprint density at radius 1 is 0.800 bits per heavy atom. The Morgan fingerprint density at radius 2 is 1.48 bits per heavy atom. The van der Waals surface area contributed by atoms with E-state index in [1.54, 1.807) is 48.7 Å². The van der Waals surface area contributed by atoms with Gasteiger partial charge in [-0.05, 0) is 42.5 Å². The molecule has 0 radical (unpaired) electrons. The number of pyridine rings is 1. The van der Waals surface area contributed by atoms with Crippen LogP contribution >= 0.6 is 23.2 Å². The van der Waals surface area contributed by atoms with Crippen molar-refractivity contribution in [2.75, 3.05) is 16.0 Å². The van der Waals surface area contributed by atoms with Gasteiger partial charge in [-0.25, -0.2) is 9.78 Å². The molecule has 0 spiro atoms. The Labute approximate surface area is 155 Å². The maximum absolute atomic E-state index is 11.9. The molecule has 0 atom stereocenters. The van der Waals surface area contributed by atoms with Gasteiger partial charge < -0.3 is 16.0 Å². The van der Waals surface area contributed by atoms with E-state index >= 15 is 0 Å². The summed E-state index contributed by atoms with van der Waals surface area (Å²) in [6.45, 7) is 0. The van der Waals surface area contributed by atoms with Gasteiger partial charge in [0.25, 0.3) is 0 Å². The quantitative estimate of drug-likeness (QED) is 0.543. The number of para-hydroxylation sites is 1. The lowest BCUT2D eigenvalue weighted by Crippen LogP contribution is -2.19. The topological polar surface area (TPSA) is 66.1 Å². The summed E-state index contributed by atoms with van der Waals surface area (Å²) in [5.41, 5.74) is 2.01. The molecule has 3 aromatic rings. The van der Waals surface area contributed by atoms with Crippen LogP contribution in [0.2, 0.25) is 10.0 Å². The van der Waals surface area contributed by atoms with Crippen LogP contribution in [0.25, 0.3) is 0 Å². The van der Waals surface area contributed by atoms with Gasteiger partial charge in [-0.15, -0.1) is 0 Å². The van der Waals surface area contributed by atoms with Crippen LogP contribution in [0.1, 0.15) is 0 Å². The van der Waals surface area contributed by atoms with Crippen molar-refractivity contribution in [2.24, 2.45) is 0 Å². The molecular weight excluding hydrogens is 359 g/mol. The third-order valence-corrected chi connectivity index (χ3v) is 3.62. The monoisotopic (exact) mass is 372 g/mol. The van der Waals surface area contributed by atoms with Crippen molar-refractivity contribution in [2.45, 2.75) is 0 Å². The highest BCUT2D eigenvalue weighted by Gasteiger charge is 2.04. The molecule has 25 heavy (non-hydrogen) atoms. The van der Waals surface area contributed by atoms with E-state index in [9.17, 15) is 4.79 Å². The molecule has 0 aliphatic heterocycles. The predicted octanol–water partition coefficient (Wildman–Crippen LogP) is 5.78. The second kappa shape index (κ2) is 7.88. The van der Waals surface area contributed by atoms with E-state index in [-0.39, 0.29) is 6.03 Å². The van der Waals surface area contributed by atoms with E-state index in [4.69, 9.17) is 23.2 Å². The zero-order valence-corrected chi connectivity index (χ0v) is 14.5. The molecule has 1 heterocycles. The van der Waals surface area contributed by atoms with Crippen LogP contribution < -0.4 is 16.0 Å². The van der Waals surface area contributed by atoms with Crippen molar-refractivity contribution in [3.63, 3.8) is 0 Å². The highest BCUT2D eigenvalue weighted by molar-refractivity contribution is 6.35. The summed E-state index contributed by atoms with van der Waals surface area (Å²) in [4.78, 5) is 16.2. The maximum atomic E-state index is 11.9. The molecule has 3 N–H and O–H groups in total. The number of nitrogens with one attached hydrogen (secondary N) is 3. The normalized spacial score (nSPS) is 10.2. The molecule has 3 rings (SSSR count). The number of rotatable bonds is 4. The van der Waals surface area contributed by atoms with Gasteiger partial charge in [0.2, 0.25) is 0 Å². The second-order valence-corrected chi connectivity index (χ2v) is 6.03. The van der Waals surface area contributed by atoms with E-state index in [0.29, 0.717) is 27.2 Å². The molecule has 0 saturated carbocycles. The molecular formula is C18H14Cl2N4O. The van der Waals surface area contributed by atoms with Crippen LogP contribution in [0.3, 0.4) is 0 Å². The van der Waals surface area contributed by atoms with Gasteiger partial charge in [-0.2, -0.15) is 0 Å². The molecule has 5 nitrogen and oxygen atoms in total. The van der Waals surface area contributed by atoms with Crippen LogP contribution in [-0.4, -0.2) is 11.0 Å². The first-order chi connectivity index (χ1) is 12.1. The Hall–Kier alpha value is -2.76. The van der Waals surface area contributed by atoms with Gasteiger partial charge in [0.15, 0.2) is 0 Å². The average Bonchev–Trinajstić information content (AvgIpc) is 2.56. The SMILES string of the molecule is O=C(Nc1ccccc1)Nc1ccc(Nc2cc(Cl)cc(Cl)c2)nc1. The van der Waals surface area contributed by atoms with Crippen molar-refractivity contribution in [1.29, 1.82) is 0 Å². The zero-order chi connectivity index (χ0) is 17.6. The molecule has 1 aromatic heterocycles. The van der Waals surface area contributed by atoms with Gasteiger partial charge >= 0.3 is 6.03 Å². The number of benzene rings is 2. The lowest BCUT2D eigenvalue weighted by molar-refractivity contribution is 0.262. The smallest absolute Gasteiger partial charge is 0.323 e. The number of aromatic nitrogens is 1. The van der Waals surface area contributed by atoms with Gasteiger partial charge in [0, 0.05) is 21.4 Å². The molecule has 7 heteroatoms. The first-order valence-electron chi connectivity index (χ1n) is 7.41. The minimum Gasteiger partial charge on any atom is -0.340 e. The molecule has 2 aromatic carbocycles. The lowest BCUT2D eigenvalue weighted by Gasteiger charge is -2.09. The Morgan fingerprint density at radius 3 is 2.12 bits per heavy atom. The molecule has 126 valence electrons. The summed E-state index contributed by atoms with van der Waals surface area (Å²) in [6, 6.07) is 17.5. The number of nitrogens with zero attached hydrogens (tertiary/aromatic N) is 1. The van der Waals surface area contributed by atoms with Gasteiger partial charge in [-0.3, -0.25) is 0 Å². The fraction of sp³-hybridized carbons (Fsp3) is 0. The Balaban J connectivity index is 1.61. The van der Waals surface area contributed by atoms with Gasteiger partial charge in [0.05, 0.1) is 11.9 Å². The molecule has 0 aliphatic rings. The van der Waals surface area contributed by atoms with Crippen LogP contribution in [0.15, 0.2) is 66.9 Å². The summed E-state index contributed by atoms with van der Waals surface area (Å²) in [6.07, 6.45) is 1.55. The van der Waals surface area contributed by atoms with Crippen LogP contribution in [0.4, 0.5) is 27.7 Å². The van der Waals surface area contributed by atoms with E-state index in [1.807, 2.05) is 18.2 Å². The van der Waals surface area contributed by atoms with E-state index < -0.39 is 0 Å². The van der Waals surface area contributed by atoms with E-state index in [2.05, 4.69) is 20.9 Å². The van der Waals surface area contributed by atoms with E-state index in [1.165, 1.54) is 0 Å². The van der Waals surface area contributed by atoms with Gasteiger partial charge in [-0.1, -0.05) is 41.4 Å². The summed E-state index contributed by atoms with van der Waals surface area (Å²) in [7, 11) is 0. The molecule has 0 fully saturated rings. The predicted molar refractivity (Wildman–Crippen MR) is 103 cm³/mol. The standard InChI is InChI=1S/C18H14Cl2N4O/c19-12-8-13(20)10-16(9-12)22-17-7-6-15(11-21-17)24-18(25)23-14-4-2-1-3-5-14/h1-11H,(H,21,22)(H2,23,24,25). The van der Waals surface area contributed by atoms with Crippen LogP contribution in [-0.2, 0) is 0 Å². The number of hydrogen-bond acceptors (Lipinski definition) is 3. The van der Waals surface area contributed by atoms with Crippen LogP contribution in [0.5, 0.6) is 0 Å². The first-order valence-corrected chi connectivity index (χ1v) is 8.16. The molecule has 0 saturated heterocycles. The Bertz CT molecular complexity index is 850. The summed E-state index contributed by atoms with van der Waals surface area (Å²) in [5.74, 6) is 0.604. The fourth-order valence-electron chi connectivity index (χ4n) is 2.13. The third kappa shape index (κ3) is 5.11. The van der Waals surface area contributed by atoms with Crippen molar-refractivity contribution in [3.05, 3.63) is 76.9 Å². The number of anilines is 4. The summed E-state index contributed by atoms with van der Waals surface area (Å²) >= 11 is 11.9. The molecule has 0 aliphatic carbocycles. The summed E-state index contributed by atoms with van der Waals surface area (Å²) in [5, 5.41) is 9.62. The van der Waals surface area contributed by atoms with Crippen LogP contribution in [0, 0.1) is 0 Å². The molecule has 0 bridgehead atoms. The van der Waals surface area contributed by atoms with Crippen molar-refractivity contribution >= 4 is 52.1 Å². The largest absolute Gasteiger partial charge is 0.340 e. The number of carbonyl (C=O) groups is 1. The van der Waals surface area contributed by atoms with Crippen molar-refractivity contribution in [1.82, 2.24) is 4.98 Å². The second-order valence-electron chi connectivity index (χ2n) is 5.16. The number of urea groups is 1. The average molecular weight is 373 g/mol. The highest BCUT2D eigenvalue weighted by atomic mass is 35.5. The number of carbonyl (C=O) groups excluding carboxylic acids is 1. The first kappa shape index (κ1) is 17.1. The lowest BCUT2D eigenvalue weighted by atomic mass is 10.3. The number of hydrogen-bond donors (Lipinski definition) is 3. The Kier molecular flexibility index (Phi) is 5.38.